The van der Waals surface area contributed by atoms with Crippen molar-refractivity contribution in [1.82, 2.24) is 0 Å². The lowest BCUT2D eigenvalue weighted by molar-refractivity contribution is -0.166. The molecule has 4 N–H and O–H groups in total. The van der Waals surface area contributed by atoms with E-state index in [-0.39, 0.29) is 16.8 Å². The molecule has 144 valence electrons. The molecule has 1 amide bonds. The topological polar surface area (TPSA) is 107 Å². The number of hydrogen-bond acceptors (Lipinski definition) is 4. The maximum Gasteiger partial charge on any atom is 0.379 e. The Hall–Kier alpha value is -2.91. The number of rotatable bonds is 6. The van der Waals surface area contributed by atoms with Gasteiger partial charge in [-0.3, -0.25) is 4.79 Å². The number of carbonyl (C=O) groups excluding carboxylic acids is 1. The molecule has 0 aliphatic heterocycles. The normalized spacial score (nSPS) is 12.5. The number of carbonyl (C=O) groups is 2. The number of benzene rings is 2. The second-order valence-electron chi connectivity index (χ2n) is 5.80. The summed E-state index contributed by atoms with van der Waals surface area (Å²) in [5.74, 6) is -8.19. The molecule has 0 bridgehead atoms. The van der Waals surface area contributed by atoms with Crippen LogP contribution in [0.4, 0.5) is 18.9 Å². The zero-order valence-electron chi connectivity index (χ0n) is 14.0. The van der Waals surface area contributed by atoms with Crippen LogP contribution in [0.15, 0.2) is 36.4 Å². The van der Waals surface area contributed by atoms with Crippen LogP contribution in [0.1, 0.15) is 33.2 Å². The molecule has 2 rings (SSSR count). The number of hydrogen-bond donors (Lipinski definition) is 4. The molecule has 0 radical (unpaired) electrons. The first-order valence-electron chi connectivity index (χ1n) is 7.70. The van der Waals surface area contributed by atoms with Crippen molar-refractivity contribution in [2.24, 2.45) is 0 Å². The number of aliphatic hydroxyl groups excluding tert-OH is 2. The second-order valence-corrected chi connectivity index (χ2v) is 5.80. The fourth-order valence-electron chi connectivity index (χ4n) is 2.40. The first-order chi connectivity index (χ1) is 12.6. The highest BCUT2D eigenvalue weighted by molar-refractivity contribution is 6.04. The third-order valence-electron chi connectivity index (χ3n) is 3.87. The van der Waals surface area contributed by atoms with Gasteiger partial charge >= 0.3 is 11.9 Å². The third-order valence-corrected chi connectivity index (χ3v) is 3.87. The summed E-state index contributed by atoms with van der Waals surface area (Å²) in [5.41, 5.74) is -1.46. The Labute approximate surface area is 151 Å². The number of aryl methyl sites for hydroxylation is 1. The zero-order chi connectivity index (χ0) is 20.4. The van der Waals surface area contributed by atoms with Gasteiger partial charge in [-0.25, -0.2) is 9.18 Å². The summed E-state index contributed by atoms with van der Waals surface area (Å²) in [5, 5.41) is 29.8. The lowest BCUT2D eigenvalue weighted by Gasteiger charge is -2.19. The summed E-state index contributed by atoms with van der Waals surface area (Å²) in [6.45, 7) is 0.560. The highest BCUT2D eigenvalue weighted by Gasteiger charge is 2.44. The molecule has 1 unspecified atom stereocenters. The number of nitrogens with one attached hydrogen (secondary N) is 1. The van der Waals surface area contributed by atoms with Gasteiger partial charge in [0.05, 0.1) is 6.61 Å². The van der Waals surface area contributed by atoms with Crippen molar-refractivity contribution in [1.29, 1.82) is 0 Å². The SMILES string of the molecule is Cc1cc(NC(=O)c2ccc(C(O)CO)c(C(F)(F)C(=O)O)c2)ccc1F. The third kappa shape index (κ3) is 4.26. The van der Waals surface area contributed by atoms with Crippen LogP contribution in [0.25, 0.3) is 0 Å². The van der Waals surface area contributed by atoms with Crippen molar-refractivity contribution in [2.75, 3.05) is 11.9 Å². The predicted molar refractivity (Wildman–Crippen MR) is 89.1 cm³/mol. The van der Waals surface area contributed by atoms with Crippen molar-refractivity contribution in [3.8, 4) is 0 Å². The summed E-state index contributed by atoms with van der Waals surface area (Å²) in [4.78, 5) is 23.2. The molecule has 0 aromatic heterocycles. The molecular formula is C18H16F3NO5. The van der Waals surface area contributed by atoms with Gasteiger partial charge in [0.15, 0.2) is 0 Å². The Bertz CT molecular complexity index is 885. The minimum absolute atomic E-state index is 0.213. The van der Waals surface area contributed by atoms with Crippen molar-refractivity contribution >= 4 is 17.6 Å². The number of aliphatic carboxylic acids is 1. The van der Waals surface area contributed by atoms with Crippen LogP contribution < -0.4 is 5.32 Å². The molecule has 0 heterocycles. The van der Waals surface area contributed by atoms with Crippen LogP contribution in [0.5, 0.6) is 0 Å². The van der Waals surface area contributed by atoms with Crippen molar-refractivity contribution in [3.05, 3.63) is 64.5 Å². The Kier molecular flexibility index (Phi) is 5.87. The fraction of sp³-hybridized carbons (Fsp3) is 0.222. The molecule has 9 heteroatoms. The zero-order valence-corrected chi connectivity index (χ0v) is 14.0. The smallest absolute Gasteiger partial charge is 0.379 e. The monoisotopic (exact) mass is 383 g/mol. The maximum atomic E-state index is 14.0. The molecule has 0 saturated heterocycles. The number of halogens is 3. The van der Waals surface area contributed by atoms with E-state index in [2.05, 4.69) is 5.32 Å². The summed E-state index contributed by atoms with van der Waals surface area (Å²) < 4.78 is 41.4. The van der Waals surface area contributed by atoms with E-state index in [1.165, 1.54) is 19.1 Å². The van der Waals surface area contributed by atoms with Crippen molar-refractivity contribution in [3.63, 3.8) is 0 Å². The number of carboxylic acids is 1. The van der Waals surface area contributed by atoms with E-state index in [0.717, 1.165) is 18.2 Å². The summed E-state index contributed by atoms with van der Waals surface area (Å²) in [7, 11) is 0. The maximum absolute atomic E-state index is 14.0. The van der Waals surface area contributed by atoms with E-state index in [1.54, 1.807) is 0 Å². The van der Waals surface area contributed by atoms with Crippen molar-refractivity contribution < 1.29 is 38.1 Å². The molecule has 0 aliphatic rings. The molecule has 0 fully saturated rings. The van der Waals surface area contributed by atoms with Gasteiger partial charge in [0.1, 0.15) is 11.9 Å². The highest BCUT2D eigenvalue weighted by Crippen LogP contribution is 2.34. The number of carboxylic acid groups (broad SMARTS) is 1. The lowest BCUT2D eigenvalue weighted by Crippen LogP contribution is -2.28. The molecule has 0 spiro atoms. The molecule has 6 nitrogen and oxygen atoms in total. The number of alkyl halides is 2. The molecule has 27 heavy (non-hydrogen) atoms. The van der Waals surface area contributed by atoms with E-state index in [0.29, 0.717) is 6.07 Å². The van der Waals surface area contributed by atoms with Crippen LogP contribution in [-0.4, -0.2) is 33.8 Å². The molecular weight excluding hydrogens is 367 g/mol. The predicted octanol–water partition coefficient (Wildman–Crippen LogP) is 2.59. The first-order valence-corrected chi connectivity index (χ1v) is 7.70. The van der Waals surface area contributed by atoms with Crippen LogP contribution in [0.3, 0.4) is 0 Å². The summed E-state index contributed by atoms with van der Waals surface area (Å²) in [6, 6.07) is 6.41. The Morgan fingerprint density at radius 1 is 1.19 bits per heavy atom. The molecule has 2 aromatic rings. The Morgan fingerprint density at radius 3 is 2.41 bits per heavy atom. The van der Waals surface area contributed by atoms with Crippen LogP contribution >= 0.6 is 0 Å². The summed E-state index contributed by atoms with van der Waals surface area (Å²) in [6.07, 6.45) is -1.75. The summed E-state index contributed by atoms with van der Waals surface area (Å²) >= 11 is 0. The van der Waals surface area contributed by atoms with E-state index < -0.39 is 47.5 Å². The number of amides is 1. The standard InChI is InChI=1S/C18H16F3NO5/c1-9-6-11(3-5-14(9)19)22-16(25)10-2-4-12(15(24)8-23)13(7-10)18(20,21)17(26)27/h2-7,15,23-24H,8H2,1H3,(H,22,25)(H,26,27). The van der Waals surface area contributed by atoms with E-state index >= 15 is 0 Å². The fourth-order valence-corrected chi connectivity index (χ4v) is 2.40. The van der Waals surface area contributed by atoms with Crippen LogP contribution in [0, 0.1) is 12.7 Å². The molecule has 1 atom stereocenters. The van der Waals surface area contributed by atoms with Gasteiger partial charge in [0, 0.05) is 16.8 Å². The largest absolute Gasteiger partial charge is 0.477 e. The van der Waals surface area contributed by atoms with Gasteiger partial charge in [-0.2, -0.15) is 8.78 Å². The van der Waals surface area contributed by atoms with Gasteiger partial charge in [0.2, 0.25) is 0 Å². The van der Waals surface area contributed by atoms with Gasteiger partial charge < -0.3 is 20.6 Å². The highest BCUT2D eigenvalue weighted by atomic mass is 19.3. The Morgan fingerprint density at radius 2 is 1.85 bits per heavy atom. The first kappa shape index (κ1) is 20.4. The molecule has 0 aliphatic carbocycles. The van der Waals surface area contributed by atoms with Gasteiger partial charge in [-0.05, 0) is 48.4 Å². The van der Waals surface area contributed by atoms with E-state index in [1.807, 2.05) is 0 Å². The molecule has 2 aromatic carbocycles. The van der Waals surface area contributed by atoms with Crippen molar-refractivity contribution in [2.45, 2.75) is 19.0 Å². The minimum atomic E-state index is -4.39. The average molecular weight is 383 g/mol. The van der Waals surface area contributed by atoms with Gasteiger partial charge in [-0.15, -0.1) is 0 Å². The second kappa shape index (κ2) is 7.77. The number of anilines is 1. The minimum Gasteiger partial charge on any atom is -0.477 e. The Balaban J connectivity index is 2.43. The van der Waals surface area contributed by atoms with E-state index in [4.69, 9.17) is 10.2 Å². The van der Waals surface area contributed by atoms with Gasteiger partial charge in [0.25, 0.3) is 5.91 Å². The lowest BCUT2D eigenvalue weighted by atomic mass is 9.95. The van der Waals surface area contributed by atoms with Crippen LogP contribution in [0.2, 0.25) is 0 Å². The van der Waals surface area contributed by atoms with Crippen LogP contribution in [-0.2, 0) is 10.7 Å². The average Bonchev–Trinajstić information content (AvgIpc) is 2.63. The molecule has 0 saturated carbocycles. The number of aliphatic hydroxyl groups is 2. The van der Waals surface area contributed by atoms with E-state index in [9.17, 15) is 27.9 Å². The quantitative estimate of drug-likeness (QED) is 0.614. The van der Waals surface area contributed by atoms with Gasteiger partial charge in [-0.1, -0.05) is 6.07 Å².